The summed E-state index contributed by atoms with van der Waals surface area (Å²) in [5.41, 5.74) is 0. The predicted molar refractivity (Wildman–Crippen MR) is 86.7 cm³/mol. The quantitative estimate of drug-likeness (QED) is 0.539. The van der Waals surface area contributed by atoms with Gasteiger partial charge in [-0.05, 0) is 18.6 Å². The van der Waals surface area contributed by atoms with Gasteiger partial charge in [0.05, 0.1) is 12.6 Å². The molecule has 1 rings (SSSR count). The first-order valence-corrected chi connectivity index (χ1v) is 8.25. The molecule has 1 aromatic rings. The van der Waals surface area contributed by atoms with E-state index < -0.39 is 0 Å². The van der Waals surface area contributed by atoms with Crippen molar-refractivity contribution < 1.29 is 4.74 Å². The largest absolute Gasteiger partial charge is 0.383 e. The topological polar surface area (TPSA) is 59.1 Å². The molecule has 0 bridgehead atoms. The van der Waals surface area contributed by atoms with Gasteiger partial charge in [-0.2, -0.15) is 0 Å². The van der Waals surface area contributed by atoms with Gasteiger partial charge < -0.3 is 15.4 Å². The first kappa shape index (κ1) is 17.0. The normalized spacial score (nSPS) is 12.5. The van der Waals surface area contributed by atoms with E-state index in [0.717, 1.165) is 29.8 Å². The molecule has 0 aliphatic heterocycles. The Balaban J connectivity index is 2.86. The fraction of sp³-hybridized carbons (Fsp3) is 0.714. The third-order valence-corrected chi connectivity index (χ3v) is 3.48. The van der Waals surface area contributed by atoms with Gasteiger partial charge in [0.15, 0.2) is 5.16 Å². The van der Waals surface area contributed by atoms with Crippen molar-refractivity contribution in [2.24, 2.45) is 5.92 Å². The second kappa shape index (κ2) is 9.02. The van der Waals surface area contributed by atoms with Crippen LogP contribution in [0.5, 0.6) is 0 Å². The Kier molecular flexibility index (Phi) is 7.69. The summed E-state index contributed by atoms with van der Waals surface area (Å²) in [6.07, 6.45) is 3.05. The first-order valence-electron chi connectivity index (χ1n) is 7.03. The second-order valence-corrected chi connectivity index (χ2v) is 5.78. The molecule has 0 aliphatic carbocycles. The van der Waals surface area contributed by atoms with Gasteiger partial charge in [0.25, 0.3) is 0 Å². The van der Waals surface area contributed by atoms with Crippen LogP contribution < -0.4 is 10.6 Å². The number of nitrogens with one attached hydrogen (secondary N) is 2. The lowest BCUT2D eigenvalue weighted by Crippen LogP contribution is -2.31. The molecular weight excluding hydrogens is 272 g/mol. The van der Waals surface area contributed by atoms with Crippen molar-refractivity contribution in [2.45, 2.75) is 38.4 Å². The molecule has 0 spiro atoms. The van der Waals surface area contributed by atoms with Crippen molar-refractivity contribution in [1.82, 2.24) is 9.97 Å². The molecule has 0 aliphatic rings. The highest BCUT2D eigenvalue weighted by Crippen LogP contribution is 2.19. The van der Waals surface area contributed by atoms with Crippen LogP contribution in [0.25, 0.3) is 0 Å². The van der Waals surface area contributed by atoms with Crippen LogP contribution in [0.1, 0.15) is 27.2 Å². The van der Waals surface area contributed by atoms with Crippen LogP contribution in [-0.2, 0) is 4.74 Å². The fourth-order valence-corrected chi connectivity index (χ4v) is 2.08. The average Bonchev–Trinajstić information content (AvgIpc) is 2.44. The van der Waals surface area contributed by atoms with Crippen molar-refractivity contribution >= 4 is 23.4 Å². The Hall–Kier alpha value is -1.01. The van der Waals surface area contributed by atoms with E-state index in [1.54, 1.807) is 18.9 Å². The molecule has 114 valence electrons. The molecule has 2 N–H and O–H groups in total. The Labute approximate surface area is 126 Å². The molecule has 1 aromatic heterocycles. The van der Waals surface area contributed by atoms with Gasteiger partial charge in [-0.1, -0.05) is 32.5 Å². The van der Waals surface area contributed by atoms with Crippen LogP contribution in [0.2, 0.25) is 0 Å². The molecule has 0 radical (unpaired) electrons. The molecule has 0 saturated carbocycles. The number of hydrogen-bond acceptors (Lipinski definition) is 6. The number of nitrogens with zero attached hydrogens (tertiary/aromatic N) is 2. The molecule has 0 amide bonds. The number of hydrogen-bond donors (Lipinski definition) is 2. The van der Waals surface area contributed by atoms with Crippen LogP contribution in [0.4, 0.5) is 11.6 Å². The lowest BCUT2D eigenvalue weighted by atomic mass is 10.1. The number of thioether (sulfide) groups is 1. The highest BCUT2D eigenvalue weighted by molar-refractivity contribution is 7.98. The first-order chi connectivity index (χ1) is 9.60. The molecule has 1 unspecified atom stereocenters. The van der Waals surface area contributed by atoms with Crippen molar-refractivity contribution in [2.75, 3.05) is 37.2 Å². The molecule has 0 aromatic carbocycles. The summed E-state index contributed by atoms with van der Waals surface area (Å²) < 4.78 is 5.26. The Morgan fingerprint density at radius 2 is 2.00 bits per heavy atom. The maximum Gasteiger partial charge on any atom is 0.191 e. The molecular formula is C14H26N4OS. The lowest BCUT2D eigenvalue weighted by Gasteiger charge is -2.22. The van der Waals surface area contributed by atoms with E-state index in [1.807, 2.05) is 12.3 Å². The van der Waals surface area contributed by atoms with Gasteiger partial charge >= 0.3 is 0 Å². The lowest BCUT2D eigenvalue weighted by molar-refractivity contribution is 0.171. The molecule has 20 heavy (non-hydrogen) atoms. The van der Waals surface area contributed by atoms with E-state index in [1.165, 1.54) is 0 Å². The van der Waals surface area contributed by atoms with Crippen LogP contribution in [0.3, 0.4) is 0 Å². The van der Waals surface area contributed by atoms with Crippen LogP contribution in [0, 0.1) is 5.92 Å². The molecule has 0 fully saturated rings. The molecule has 1 atom stereocenters. The van der Waals surface area contributed by atoms with Crippen molar-refractivity contribution in [1.29, 1.82) is 0 Å². The minimum absolute atomic E-state index is 0.239. The summed E-state index contributed by atoms with van der Waals surface area (Å²) >= 11 is 1.55. The predicted octanol–water partition coefficient (Wildman–Crippen LogP) is 3.10. The minimum Gasteiger partial charge on any atom is -0.383 e. The van der Waals surface area contributed by atoms with E-state index in [9.17, 15) is 0 Å². The molecule has 0 saturated heterocycles. The third-order valence-electron chi connectivity index (χ3n) is 2.93. The molecule has 1 heterocycles. The summed E-state index contributed by atoms with van der Waals surface area (Å²) in [6, 6.07) is 2.20. The van der Waals surface area contributed by atoms with Gasteiger partial charge in [-0.25, -0.2) is 9.97 Å². The van der Waals surface area contributed by atoms with Crippen molar-refractivity contribution in [3.63, 3.8) is 0 Å². The maximum absolute atomic E-state index is 5.26. The van der Waals surface area contributed by atoms with Gasteiger partial charge in [0, 0.05) is 19.7 Å². The zero-order chi connectivity index (χ0) is 15.0. The summed E-state index contributed by atoms with van der Waals surface area (Å²) in [5, 5.41) is 7.52. The monoisotopic (exact) mass is 298 g/mol. The summed E-state index contributed by atoms with van der Waals surface area (Å²) in [5.74, 6) is 2.18. The fourth-order valence-electron chi connectivity index (χ4n) is 1.70. The van der Waals surface area contributed by atoms with E-state index in [2.05, 4.69) is 41.4 Å². The number of rotatable bonds is 9. The zero-order valence-electron chi connectivity index (χ0n) is 13.1. The number of methoxy groups -OCH3 is 1. The average molecular weight is 298 g/mol. The van der Waals surface area contributed by atoms with Gasteiger partial charge in [-0.15, -0.1) is 0 Å². The van der Waals surface area contributed by atoms with E-state index in [-0.39, 0.29) is 6.04 Å². The summed E-state index contributed by atoms with van der Waals surface area (Å²) in [7, 11) is 1.72. The maximum atomic E-state index is 5.26. The molecule has 5 nitrogen and oxygen atoms in total. The molecule has 6 heteroatoms. The highest BCUT2D eigenvalue weighted by atomic mass is 32.2. The van der Waals surface area contributed by atoms with E-state index >= 15 is 0 Å². The van der Waals surface area contributed by atoms with Gasteiger partial charge in [-0.3, -0.25) is 0 Å². The summed E-state index contributed by atoms with van der Waals surface area (Å²) in [6.45, 7) is 8.05. The minimum atomic E-state index is 0.239. The Morgan fingerprint density at radius 1 is 1.30 bits per heavy atom. The van der Waals surface area contributed by atoms with Gasteiger partial charge in [0.1, 0.15) is 11.6 Å². The third kappa shape index (κ3) is 5.54. The zero-order valence-corrected chi connectivity index (χ0v) is 13.9. The number of aromatic nitrogens is 2. The SMILES string of the molecule is CCCNc1cc(NC(COC)C(C)C)nc(SC)n1. The van der Waals surface area contributed by atoms with E-state index in [0.29, 0.717) is 12.5 Å². The van der Waals surface area contributed by atoms with E-state index in [4.69, 9.17) is 4.74 Å². The number of anilines is 2. The Morgan fingerprint density at radius 3 is 2.55 bits per heavy atom. The Bertz CT molecular complexity index is 401. The van der Waals surface area contributed by atoms with Crippen LogP contribution in [0.15, 0.2) is 11.2 Å². The second-order valence-electron chi connectivity index (χ2n) is 5.00. The van der Waals surface area contributed by atoms with Crippen LogP contribution in [-0.4, -0.2) is 42.5 Å². The smallest absolute Gasteiger partial charge is 0.191 e. The van der Waals surface area contributed by atoms with Crippen LogP contribution >= 0.6 is 11.8 Å². The van der Waals surface area contributed by atoms with Gasteiger partial charge in [0.2, 0.25) is 0 Å². The standard InChI is InChI=1S/C14H26N4OS/c1-6-7-15-12-8-13(18-14(17-12)20-5)16-11(9-19-4)10(2)3/h8,10-11H,6-7,9H2,1-5H3,(H2,15,16,17,18). The van der Waals surface area contributed by atoms with Crippen molar-refractivity contribution in [3.8, 4) is 0 Å². The highest BCUT2D eigenvalue weighted by Gasteiger charge is 2.14. The number of ether oxygens (including phenoxy) is 1. The summed E-state index contributed by atoms with van der Waals surface area (Å²) in [4.78, 5) is 8.97. The van der Waals surface area contributed by atoms with Crippen molar-refractivity contribution in [3.05, 3.63) is 6.07 Å².